The van der Waals surface area contributed by atoms with Crippen molar-refractivity contribution in [3.8, 4) is 11.3 Å². The van der Waals surface area contributed by atoms with Gasteiger partial charge in [-0.1, -0.05) is 6.07 Å². The molecule has 4 aromatic heterocycles. The van der Waals surface area contributed by atoms with Gasteiger partial charge in [-0.2, -0.15) is 13.2 Å². The maximum atomic E-state index is 10.9. The van der Waals surface area contributed by atoms with Crippen LogP contribution in [0.2, 0.25) is 0 Å². The van der Waals surface area contributed by atoms with E-state index < -0.39 is 11.6 Å². The standard InChI is InChI=1S/C21H19N9O2.CHF3/c22-20-17(30(31)32)3-4-18(28-20)24-7-8-26-21-27-16(12-19-25-9-10-29(19)21)13-1-2-15-14(11-13)5-6-23-15;2-1(3)4/h1-6,9-12,23H,7-8H2,(H,26,27)(H3,22,24,28);1H. The summed E-state index contributed by atoms with van der Waals surface area (Å²) < 4.78 is 30.9. The lowest BCUT2D eigenvalue weighted by atomic mass is 10.1. The van der Waals surface area contributed by atoms with Gasteiger partial charge in [0.2, 0.25) is 11.8 Å². The van der Waals surface area contributed by atoms with Crippen LogP contribution in [0.4, 0.5) is 36.4 Å². The molecule has 0 amide bonds. The maximum absolute atomic E-state index is 10.9. The van der Waals surface area contributed by atoms with Crippen molar-refractivity contribution in [1.29, 1.82) is 0 Å². The number of aromatic nitrogens is 5. The van der Waals surface area contributed by atoms with Crippen molar-refractivity contribution in [1.82, 2.24) is 24.3 Å². The highest BCUT2D eigenvalue weighted by Gasteiger charge is 2.13. The van der Waals surface area contributed by atoms with Crippen molar-refractivity contribution >= 4 is 39.8 Å². The number of alkyl halides is 3. The Balaban J connectivity index is 0.000000709. The van der Waals surface area contributed by atoms with Crippen LogP contribution in [-0.2, 0) is 0 Å². The van der Waals surface area contributed by atoms with Crippen molar-refractivity contribution in [2.24, 2.45) is 0 Å². The summed E-state index contributed by atoms with van der Waals surface area (Å²) in [4.78, 5) is 26.7. The molecule has 0 aliphatic carbocycles. The van der Waals surface area contributed by atoms with Gasteiger partial charge < -0.3 is 21.4 Å². The number of pyridine rings is 1. The molecule has 1 aromatic carbocycles. The summed E-state index contributed by atoms with van der Waals surface area (Å²) in [6, 6.07) is 13.0. The van der Waals surface area contributed by atoms with Gasteiger partial charge in [-0.25, -0.2) is 15.0 Å². The van der Waals surface area contributed by atoms with Crippen LogP contribution in [0.15, 0.2) is 61.1 Å². The Labute approximate surface area is 201 Å². The van der Waals surface area contributed by atoms with Crippen LogP contribution >= 0.6 is 0 Å². The molecule has 14 heteroatoms. The van der Waals surface area contributed by atoms with Crippen molar-refractivity contribution in [3.63, 3.8) is 0 Å². The van der Waals surface area contributed by atoms with Gasteiger partial charge in [-0.15, -0.1) is 0 Å². The second-order valence-electron chi connectivity index (χ2n) is 7.36. The molecule has 0 saturated heterocycles. The first-order valence-electron chi connectivity index (χ1n) is 10.5. The Morgan fingerprint density at radius 3 is 2.61 bits per heavy atom. The normalized spacial score (nSPS) is 10.9. The van der Waals surface area contributed by atoms with Crippen LogP contribution in [0.3, 0.4) is 0 Å². The third-order valence-electron chi connectivity index (χ3n) is 5.05. The van der Waals surface area contributed by atoms with Gasteiger partial charge in [-0.3, -0.25) is 14.5 Å². The Hall–Kier alpha value is -4.88. The Morgan fingerprint density at radius 1 is 1.08 bits per heavy atom. The molecule has 36 heavy (non-hydrogen) atoms. The summed E-state index contributed by atoms with van der Waals surface area (Å²) in [7, 11) is 0. The summed E-state index contributed by atoms with van der Waals surface area (Å²) in [6.07, 6.45) is 5.48. The number of imidazole rings is 1. The molecule has 0 saturated carbocycles. The van der Waals surface area contributed by atoms with Crippen LogP contribution in [0.25, 0.3) is 27.8 Å². The smallest absolute Gasteiger partial charge is 0.378 e. The second kappa shape index (κ2) is 10.6. The van der Waals surface area contributed by atoms with E-state index in [1.54, 1.807) is 6.20 Å². The monoisotopic (exact) mass is 499 g/mol. The van der Waals surface area contributed by atoms with Crippen molar-refractivity contribution in [3.05, 3.63) is 71.2 Å². The van der Waals surface area contributed by atoms with Crippen molar-refractivity contribution in [2.75, 3.05) is 29.5 Å². The summed E-state index contributed by atoms with van der Waals surface area (Å²) in [6.45, 7) is -2.64. The number of nitrogen functional groups attached to an aromatic ring is 1. The average Bonchev–Trinajstić information content (AvgIpc) is 3.50. The van der Waals surface area contributed by atoms with E-state index in [2.05, 4.69) is 31.7 Å². The fraction of sp³-hybridized carbons (Fsp3) is 0.136. The third-order valence-corrected chi connectivity index (χ3v) is 5.05. The third kappa shape index (κ3) is 5.60. The first-order valence-corrected chi connectivity index (χ1v) is 10.5. The number of nitrogens with one attached hydrogen (secondary N) is 3. The maximum Gasteiger partial charge on any atom is 0.379 e. The molecule has 4 heterocycles. The molecular formula is C22H20F3N9O2. The van der Waals surface area contributed by atoms with E-state index in [-0.39, 0.29) is 11.5 Å². The molecule has 0 radical (unpaired) electrons. The van der Waals surface area contributed by atoms with Gasteiger partial charge in [0.25, 0.3) is 0 Å². The molecule has 0 atom stereocenters. The summed E-state index contributed by atoms with van der Waals surface area (Å²) in [5, 5.41) is 18.4. The van der Waals surface area contributed by atoms with Gasteiger partial charge >= 0.3 is 12.4 Å². The topological polar surface area (TPSA) is 152 Å². The number of hydrogen-bond donors (Lipinski definition) is 4. The molecule has 5 N–H and O–H groups in total. The lowest BCUT2D eigenvalue weighted by Crippen LogP contribution is -2.17. The fourth-order valence-corrected chi connectivity index (χ4v) is 3.49. The van der Waals surface area contributed by atoms with Gasteiger partial charge in [0.05, 0.1) is 10.6 Å². The number of hydrogen-bond acceptors (Lipinski definition) is 8. The number of H-pyrrole nitrogens is 1. The van der Waals surface area contributed by atoms with Crippen LogP contribution in [0.5, 0.6) is 0 Å². The Morgan fingerprint density at radius 2 is 1.86 bits per heavy atom. The van der Waals surface area contributed by atoms with Gasteiger partial charge in [-0.05, 0) is 24.3 Å². The zero-order valence-electron chi connectivity index (χ0n) is 18.5. The molecule has 5 rings (SSSR count). The van der Waals surface area contributed by atoms with Gasteiger partial charge in [0.1, 0.15) is 11.5 Å². The van der Waals surface area contributed by atoms with E-state index in [0.717, 1.165) is 27.8 Å². The first-order chi connectivity index (χ1) is 17.3. The molecular weight excluding hydrogens is 479 g/mol. The Bertz CT molecular complexity index is 1500. The number of anilines is 3. The molecule has 0 bridgehead atoms. The SMILES string of the molecule is FC(F)F.Nc1nc(NCCNc2nc(-c3ccc4[nH]ccc4c3)cc3nccn23)ccc1[N+](=O)[O-]. The van der Waals surface area contributed by atoms with Gasteiger partial charge in [0.15, 0.2) is 0 Å². The molecule has 0 unspecified atom stereocenters. The minimum Gasteiger partial charge on any atom is -0.378 e. The van der Waals surface area contributed by atoms with E-state index in [0.29, 0.717) is 24.9 Å². The summed E-state index contributed by atoms with van der Waals surface area (Å²) in [5.41, 5.74) is 9.08. The number of halogens is 3. The van der Waals surface area contributed by atoms with Crippen LogP contribution in [-0.4, -0.2) is 49.0 Å². The molecule has 0 aliphatic heterocycles. The average molecular weight is 499 g/mol. The van der Waals surface area contributed by atoms with Gasteiger partial charge in [0, 0.05) is 60.3 Å². The molecule has 0 fully saturated rings. The number of nitro groups is 1. The highest BCUT2D eigenvalue weighted by Crippen LogP contribution is 2.25. The molecule has 5 aromatic rings. The largest absolute Gasteiger partial charge is 0.379 e. The molecule has 0 spiro atoms. The van der Waals surface area contributed by atoms with Crippen molar-refractivity contribution in [2.45, 2.75) is 6.68 Å². The minimum absolute atomic E-state index is 0.123. The van der Waals surface area contributed by atoms with Crippen LogP contribution in [0.1, 0.15) is 0 Å². The number of nitrogens with zero attached hydrogens (tertiary/aromatic N) is 5. The number of benzene rings is 1. The predicted octanol–water partition coefficient (Wildman–Crippen LogP) is 4.47. The quantitative estimate of drug-likeness (QED) is 0.145. The zero-order chi connectivity index (χ0) is 25.7. The number of nitrogens with two attached hydrogens (primary N) is 1. The Kier molecular flexibility index (Phi) is 7.13. The van der Waals surface area contributed by atoms with E-state index in [4.69, 9.17) is 10.7 Å². The second-order valence-corrected chi connectivity index (χ2v) is 7.36. The summed E-state index contributed by atoms with van der Waals surface area (Å²) in [5.74, 6) is 0.994. The van der Waals surface area contributed by atoms with Crippen LogP contribution in [0, 0.1) is 10.1 Å². The minimum atomic E-state index is -3.67. The number of fused-ring (bicyclic) bond motifs is 2. The number of rotatable bonds is 7. The summed E-state index contributed by atoms with van der Waals surface area (Å²) >= 11 is 0. The number of aromatic amines is 1. The van der Waals surface area contributed by atoms with E-state index >= 15 is 0 Å². The lowest BCUT2D eigenvalue weighted by Gasteiger charge is -2.12. The van der Waals surface area contributed by atoms with E-state index in [1.807, 2.05) is 41.1 Å². The fourth-order valence-electron chi connectivity index (χ4n) is 3.49. The van der Waals surface area contributed by atoms with E-state index in [1.165, 1.54) is 12.1 Å². The lowest BCUT2D eigenvalue weighted by molar-refractivity contribution is -0.384. The highest BCUT2D eigenvalue weighted by atomic mass is 19.4. The van der Waals surface area contributed by atoms with Crippen molar-refractivity contribution < 1.29 is 18.1 Å². The van der Waals surface area contributed by atoms with Crippen LogP contribution < -0.4 is 16.4 Å². The zero-order valence-corrected chi connectivity index (χ0v) is 18.5. The van der Waals surface area contributed by atoms with E-state index in [9.17, 15) is 23.3 Å². The molecule has 186 valence electrons. The molecule has 0 aliphatic rings. The highest BCUT2D eigenvalue weighted by molar-refractivity contribution is 5.85. The predicted molar refractivity (Wildman–Crippen MR) is 130 cm³/mol. The molecule has 11 nitrogen and oxygen atoms in total. The first kappa shape index (κ1) is 24.3.